The van der Waals surface area contributed by atoms with Gasteiger partial charge in [-0.15, -0.1) is 0 Å². The van der Waals surface area contributed by atoms with Crippen molar-refractivity contribution in [2.45, 2.75) is 37.8 Å². The molecule has 6 nitrogen and oxygen atoms in total. The number of rotatable bonds is 8. The molecular weight excluding hydrogens is 516 g/mol. The lowest BCUT2D eigenvalue weighted by atomic mass is 9.90. The van der Waals surface area contributed by atoms with Crippen LogP contribution in [0.15, 0.2) is 57.5 Å². The van der Waals surface area contributed by atoms with E-state index < -0.39 is 0 Å². The minimum absolute atomic E-state index is 0.0640. The molecule has 0 spiro atoms. The van der Waals surface area contributed by atoms with Gasteiger partial charge in [-0.05, 0) is 61.4 Å². The van der Waals surface area contributed by atoms with Crippen LogP contribution in [0, 0.1) is 0 Å². The van der Waals surface area contributed by atoms with Crippen LogP contribution >= 0.6 is 31.9 Å². The number of halogens is 2. The Kier molecular flexibility index (Phi) is 8.57. The SMILES string of the molecule is O=C(COc1ccc(Br)cc1)N[C@@H]1CCCC[C@H]1NC(=O)COc1ccc(Br)cc1. The quantitative estimate of drug-likeness (QED) is 0.526. The topological polar surface area (TPSA) is 76.7 Å². The summed E-state index contributed by atoms with van der Waals surface area (Å²) in [7, 11) is 0. The Bertz CT molecular complexity index is 772. The summed E-state index contributed by atoms with van der Waals surface area (Å²) in [6.45, 7) is -0.128. The van der Waals surface area contributed by atoms with Gasteiger partial charge in [-0.3, -0.25) is 9.59 Å². The number of benzene rings is 2. The highest BCUT2D eigenvalue weighted by Crippen LogP contribution is 2.20. The van der Waals surface area contributed by atoms with Crippen LogP contribution in [0.3, 0.4) is 0 Å². The highest BCUT2D eigenvalue weighted by molar-refractivity contribution is 9.10. The van der Waals surface area contributed by atoms with Gasteiger partial charge in [-0.25, -0.2) is 0 Å². The van der Waals surface area contributed by atoms with Crippen LogP contribution in [0.4, 0.5) is 0 Å². The van der Waals surface area contributed by atoms with Gasteiger partial charge in [0, 0.05) is 21.0 Å². The molecule has 2 atom stereocenters. The number of hydrogen-bond donors (Lipinski definition) is 2. The molecule has 2 aromatic rings. The van der Waals surface area contributed by atoms with Crippen LogP contribution in [-0.2, 0) is 9.59 Å². The van der Waals surface area contributed by atoms with Crippen molar-refractivity contribution < 1.29 is 19.1 Å². The molecule has 2 aromatic carbocycles. The van der Waals surface area contributed by atoms with E-state index in [9.17, 15) is 9.59 Å². The van der Waals surface area contributed by atoms with Crippen LogP contribution in [0.2, 0.25) is 0 Å². The summed E-state index contributed by atoms with van der Waals surface area (Å²) in [6.07, 6.45) is 3.67. The highest BCUT2D eigenvalue weighted by Gasteiger charge is 2.28. The zero-order chi connectivity index (χ0) is 21.3. The first kappa shape index (κ1) is 22.6. The molecular formula is C22H24Br2N2O4. The van der Waals surface area contributed by atoms with Gasteiger partial charge in [0.1, 0.15) is 11.5 Å². The Hall–Kier alpha value is -2.06. The van der Waals surface area contributed by atoms with Gasteiger partial charge in [-0.1, -0.05) is 44.7 Å². The fourth-order valence-corrected chi connectivity index (χ4v) is 3.86. The zero-order valence-corrected chi connectivity index (χ0v) is 19.6. The molecule has 1 saturated carbocycles. The molecule has 0 aliphatic heterocycles. The molecule has 3 rings (SSSR count). The largest absolute Gasteiger partial charge is 0.484 e. The van der Waals surface area contributed by atoms with Crippen LogP contribution in [0.25, 0.3) is 0 Å². The number of carbonyl (C=O) groups excluding carboxylic acids is 2. The van der Waals surface area contributed by atoms with E-state index in [1.165, 1.54) is 0 Å². The predicted octanol–water partition coefficient (Wildman–Crippen LogP) is 4.21. The van der Waals surface area contributed by atoms with E-state index in [0.717, 1.165) is 34.6 Å². The molecule has 2 N–H and O–H groups in total. The van der Waals surface area contributed by atoms with Crippen molar-refractivity contribution in [1.82, 2.24) is 10.6 Å². The Balaban J connectivity index is 1.45. The molecule has 1 aliphatic rings. The van der Waals surface area contributed by atoms with Gasteiger partial charge in [0.2, 0.25) is 0 Å². The lowest BCUT2D eigenvalue weighted by Crippen LogP contribution is -2.54. The van der Waals surface area contributed by atoms with Crippen LogP contribution in [0.1, 0.15) is 25.7 Å². The molecule has 1 aliphatic carbocycles. The Morgan fingerprint density at radius 1 is 0.733 bits per heavy atom. The van der Waals surface area contributed by atoms with Gasteiger partial charge in [-0.2, -0.15) is 0 Å². The molecule has 8 heteroatoms. The first-order valence-electron chi connectivity index (χ1n) is 9.85. The summed E-state index contributed by atoms with van der Waals surface area (Å²) in [6, 6.07) is 14.4. The van der Waals surface area contributed by atoms with Crippen LogP contribution < -0.4 is 20.1 Å². The van der Waals surface area contributed by atoms with E-state index in [2.05, 4.69) is 42.5 Å². The highest BCUT2D eigenvalue weighted by atomic mass is 79.9. The summed E-state index contributed by atoms with van der Waals surface area (Å²) >= 11 is 6.73. The van der Waals surface area contributed by atoms with Gasteiger partial charge >= 0.3 is 0 Å². The minimum Gasteiger partial charge on any atom is -0.484 e. The maximum atomic E-state index is 12.3. The maximum absolute atomic E-state index is 12.3. The normalized spacial score (nSPS) is 18.3. The number of nitrogens with one attached hydrogen (secondary N) is 2. The second-order valence-corrected chi connectivity index (χ2v) is 8.95. The lowest BCUT2D eigenvalue weighted by molar-refractivity contribution is -0.127. The molecule has 160 valence electrons. The van der Waals surface area contributed by atoms with Gasteiger partial charge in [0.25, 0.3) is 11.8 Å². The number of carbonyl (C=O) groups is 2. The average molecular weight is 540 g/mol. The molecule has 0 radical (unpaired) electrons. The van der Waals surface area contributed by atoms with Gasteiger partial charge in [0.15, 0.2) is 13.2 Å². The fourth-order valence-electron chi connectivity index (χ4n) is 3.33. The number of amides is 2. The molecule has 0 aromatic heterocycles. The van der Waals surface area contributed by atoms with E-state index in [1.54, 1.807) is 24.3 Å². The second-order valence-electron chi connectivity index (χ2n) is 7.12. The van der Waals surface area contributed by atoms with Crippen molar-refractivity contribution in [2.24, 2.45) is 0 Å². The van der Waals surface area contributed by atoms with Crippen molar-refractivity contribution in [2.75, 3.05) is 13.2 Å². The molecule has 0 saturated heterocycles. The van der Waals surface area contributed by atoms with Crippen molar-refractivity contribution in [3.8, 4) is 11.5 Å². The maximum Gasteiger partial charge on any atom is 0.258 e. The van der Waals surface area contributed by atoms with Crippen molar-refractivity contribution in [1.29, 1.82) is 0 Å². The van der Waals surface area contributed by atoms with Crippen LogP contribution in [0.5, 0.6) is 11.5 Å². The van der Waals surface area contributed by atoms with E-state index in [-0.39, 0.29) is 37.1 Å². The van der Waals surface area contributed by atoms with Crippen molar-refractivity contribution >= 4 is 43.7 Å². The Morgan fingerprint density at radius 3 is 1.47 bits per heavy atom. The summed E-state index contributed by atoms with van der Waals surface area (Å²) in [5.41, 5.74) is 0. The minimum atomic E-state index is -0.199. The Labute approximate surface area is 193 Å². The van der Waals surface area contributed by atoms with Crippen molar-refractivity contribution in [3.63, 3.8) is 0 Å². The van der Waals surface area contributed by atoms with Gasteiger partial charge in [0.05, 0.1) is 0 Å². The van der Waals surface area contributed by atoms with E-state index in [1.807, 2.05) is 24.3 Å². The van der Waals surface area contributed by atoms with Gasteiger partial charge < -0.3 is 20.1 Å². The third-order valence-electron chi connectivity index (χ3n) is 4.83. The first-order valence-corrected chi connectivity index (χ1v) is 11.4. The third-order valence-corrected chi connectivity index (χ3v) is 5.88. The monoisotopic (exact) mass is 538 g/mol. The second kappa shape index (κ2) is 11.4. The zero-order valence-electron chi connectivity index (χ0n) is 16.4. The molecule has 2 amide bonds. The lowest BCUT2D eigenvalue weighted by Gasteiger charge is -2.32. The summed E-state index contributed by atoms with van der Waals surface area (Å²) in [5.74, 6) is 0.865. The summed E-state index contributed by atoms with van der Waals surface area (Å²) < 4.78 is 13.0. The number of hydrogen-bond acceptors (Lipinski definition) is 4. The molecule has 0 bridgehead atoms. The summed E-state index contributed by atoms with van der Waals surface area (Å²) in [5, 5.41) is 6.00. The van der Waals surface area contributed by atoms with Crippen LogP contribution in [-0.4, -0.2) is 37.1 Å². The first-order chi connectivity index (χ1) is 14.5. The van der Waals surface area contributed by atoms with E-state index in [4.69, 9.17) is 9.47 Å². The third kappa shape index (κ3) is 7.32. The molecule has 1 fully saturated rings. The smallest absolute Gasteiger partial charge is 0.258 e. The number of ether oxygens (including phenoxy) is 2. The average Bonchev–Trinajstić information content (AvgIpc) is 2.74. The molecule has 0 heterocycles. The van der Waals surface area contributed by atoms with E-state index >= 15 is 0 Å². The summed E-state index contributed by atoms with van der Waals surface area (Å²) in [4.78, 5) is 24.7. The fraction of sp³-hybridized carbons (Fsp3) is 0.364. The molecule has 30 heavy (non-hydrogen) atoms. The van der Waals surface area contributed by atoms with Crippen molar-refractivity contribution in [3.05, 3.63) is 57.5 Å². The molecule has 0 unspecified atom stereocenters. The van der Waals surface area contributed by atoms with E-state index in [0.29, 0.717) is 11.5 Å². The standard InChI is InChI=1S/C22H24Br2N2O4/c23-15-5-9-17(10-6-15)29-13-21(27)25-19-3-1-2-4-20(19)26-22(28)14-30-18-11-7-16(24)8-12-18/h5-12,19-20H,1-4,13-14H2,(H,25,27)(H,26,28)/t19-,20-/m1/s1. The predicted molar refractivity (Wildman–Crippen MR) is 122 cm³/mol. The Morgan fingerprint density at radius 2 is 1.10 bits per heavy atom.